The summed E-state index contributed by atoms with van der Waals surface area (Å²) in [5.41, 5.74) is 1.53. The Balaban J connectivity index is 1.37. The molecule has 3 heterocycles. The van der Waals surface area contributed by atoms with E-state index in [-0.39, 0.29) is 11.8 Å². The van der Waals surface area contributed by atoms with Gasteiger partial charge >= 0.3 is 0 Å². The van der Waals surface area contributed by atoms with Crippen molar-refractivity contribution in [2.45, 2.75) is 31.6 Å². The lowest BCUT2D eigenvalue weighted by Crippen LogP contribution is -2.41. The van der Waals surface area contributed by atoms with Crippen molar-refractivity contribution in [3.05, 3.63) is 29.6 Å². The molecular formula is C19H26N4O2. The van der Waals surface area contributed by atoms with Gasteiger partial charge in [-0.15, -0.1) is 0 Å². The highest BCUT2D eigenvalue weighted by atomic mass is 16.5. The Morgan fingerprint density at radius 3 is 2.76 bits per heavy atom. The van der Waals surface area contributed by atoms with Crippen molar-refractivity contribution in [3.8, 4) is 6.07 Å². The minimum Gasteiger partial charge on any atom is -0.381 e. The summed E-state index contributed by atoms with van der Waals surface area (Å²) in [6.07, 6.45) is 3.78. The average Bonchev–Trinajstić information content (AvgIpc) is 2.69. The van der Waals surface area contributed by atoms with Gasteiger partial charge in [0.1, 0.15) is 11.8 Å². The summed E-state index contributed by atoms with van der Waals surface area (Å²) in [5.74, 6) is 0.732. The summed E-state index contributed by atoms with van der Waals surface area (Å²) in [6.45, 7) is 5.03. The van der Waals surface area contributed by atoms with Crippen LogP contribution >= 0.6 is 0 Å². The number of carbonyl (C=O) groups is 1. The van der Waals surface area contributed by atoms with Crippen molar-refractivity contribution in [3.63, 3.8) is 0 Å². The maximum absolute atomic E-state index is 12.1. The minimum absolute atomic E-state index is 0.123. The molecule has 6 heteroatoms. The molecule has 0 aliphatic carbocycles. The molecule has 0 aromatic carbocycles. The van der Waals surface area contributed by atoms with Gasteiger partial charge in [-0.05, 0) is 50.9 Å². The molecule has 0 bridgehead atoms. The number of nitrogens with zero attached hydrogens (tertiary/aromatic N) is 3. The summed E-state index contributed by atoms with van der Waals surface area (Å²) in [7, 11) is 0. The SMILES string of the molecule is N#Cc1cccc(C2CCN(CCNC(=O)C3CCOCC3)CC2)n1. The fourth-order valence-electron chi connectivity index (χ4n) is 3.63. The summed E-state index contributed by atoms with van der Waals surface area (Å²) >= 11 is 0. The Morgan fingerprint density at radius 1 is 1.28 bits per heavy atom. The molecule has 25 heavy (non-hydrogen) atoms. The molecule has 2 saturated heterocycles. The smallest absolute Gasteiger partial charge is 0.223 e. The zero-order valence-corrected chi connectivity index (χ0v) is 14.6. The van der Waals surface area contributed by atoms with Gasteiger partial charge in [0.05, 0.1) is 0 Å². The Morgan fingerprint density at radius 2 is 2.04 bits per heavy atom. The van der Waals surface area contributed by atoms with Gasteiger partial charge in [-0.25, -0.2) is 4.98 Å². The second-order valence-corrected chi connectivity index (χ2v) is 6.85. The summed E-state index contributed by atoms with van der Waals surface area (Å²) in [4.78, 5) is 18.9. The van der Waals surface area contributed by atoms with Crippen LogP contribution in [-0.2, 0) is 9.53 Å². The van der Waals surface area contributed by atoms with E-state index in [9.17, 15) is 4.79 Å². The number of hydrogen-bond donors (Lipinski definition) is 1. The van der Waals surface area contributed by atoms with Crippen LogP contribution in [0.15, 0.2) is 18.2 Å². The van der Waals surface area contributed by atoms with Gasteiger partial charge in [0, 0.05) is 43.8 Å². The van der Waals surface area contributed by atoms with Gasteiger partial charge in [-0.2, -0.15) is 5.26 Å². The number of rotatable bonds is 5. The molecule has 2 aliphatic heterocycles. The van der Waals surface area contributed by atoms with E-state index in [0.717, 1.165) is 51.0 Å². The van der Waals surface area contributed by atoms with E-state index < -0.39 is 0 Å². The second-order valence-electron chi connectivity index (χ2n) is 6.85. The number of piperidine rings is 1. The number of nitrogens with one attached hydrogen (secondary N) is 1. The predicted octanol–water partition coefficient (Wildman–Crippen LogP) is 1.68. The number of pyridine rings is 1. The van der Waals surface area contributed by atoms with E-state index in [1.807, 2.05) is 12.1 Å². The Hall–Kier alpha value is -1.97. The van der Waals surface area contributed by atoms with Gasteiger partial charge in [-0.1, -0.05) is 6.07 Å². The lowest BCUT2D eigenvalue weighted by molar-refractivity contribution is -0.127. The number of hydrogen-bond acceptors (Lipinski definition) is 5. The van der Waals surface area contributed by atoms with Crippen LogP contribution in [0.1, 0.15) is 43.0 Å². The van der Waals surface area contributed by atoms with Crippen molar-refractivity contribution >= 4 is 5.91 Å². The molecule has 6 nitrogen and oxygen atoms in total. The molecule has 2 fully saturated rings. The summed E-state index contributed by atoms with van der Waals surface area (Å²) in [5, 5.41) is 12.0. The van der Waals surface area contributed by atoms with Crippen molar-refractivity contribution < 1.29 is 9.53 Å². The molecule has 3 rings (SSSR count). The molecule has 0 saturated carbocycles. The number of amides is 1. The molecule has 2 aliphatic rings. The quantitative estimate of drug-likeness (QED) is 0.881. The fourth-order valence-corrected chi connectivity index (χ4v) is 3.63. The Bertz CT molecular complexity index is 614. The van der Waals surface area contributed by atoms with Crippen LogP contribution in [0, 0.1) is 17.2 Å². The second kappa shape index (κ2) is 8.93. The van der Waals surface area contributed by atoms with Crippen LogP contribution in [0.4, 0.5) is 0 Å². The third kappa shape index (κ3) is 5.00. The molecule has 1 aromatic rings. The van der Waals surface area contributed by atoms with E-state index in [2.05, 4.69) is 21.3 Å². The molecule has 0 spiro atoms. The molecule has 1 aromatic heterocycles. The van der Waals surface area contributed by atoms with Crippen molar-refractivity contribution in [2.75, 3.05) is 39.4 Å². The topological polar surface area (TPSA) is 78.2 Å². The number of ether oxygens (including phenoxy) is 1. The highest BCUT2D eigenvalue weighted by Gasteiger charge is 2.23. The molecule has 0 atom stereocenters. The number of carbonyl (C=O) groups excluding carboxylic acids is 1. The largest absolute Gasteiger partial charge is 0.381 e. The van der Waals surface area contributed by atoms with Crippen molar-refractivity contribution in [1.82, 2.24) is 15.2 Å². The molecule has 1 amide bonds. The van der Waals surface area contributed by atoms with Crippen LogP contribution in [0.2, 0.25) is 0 Å². The first-order valence-electron chi connectivity index (χ1n) is 9.21. The lowest BCUT2D eigenvalue weighted by Gasteiger charge is -2.32. The lowest BCUT2D eigenvalue weighted by atomic mass is 9.93. The predicted molar refractivity (Wildman–Crippen MR) is 93.9 cm³/mol. The monoisotopic (exact) mass is 342 g/mol. The van der Waals surface area contributed by atoms with Crippen molar-refractivity contribution in [2.24, 2.45) is 5.92 Å². The molecule has 1 N–H and O–H groups in total. The third-order valence-electron chi connectivity index (χ3n) is 5.21. The Kier molecular flexibility index (Phi) is 6.37. The van der Waals surface area contributed by atoms with Gasteiger partial charge < -0.3 is 15.0 Å². The van der Waals surface area contributed by atoms with E-state index in [0.29, 0.717) is 31.4 Å². The molecule has 134 valence electrons. The van der Waals surface area contributed by atoms with Crippen molar-refractivity contribution in [1.29, 1.82) is 5.26 Å². The van der Waals surface area contributed by atoms with Gasteiger partial charge in [0.2, 0.25) is 5.91 Å². The number of nitriles is 1. The van der Waals surface area contributed by atoms with Crippen LogP contribution in [0.25, 0.3) is 0 Å². The van der Waals surface area contributed by atoms with Crippen LogP contribution in [0.3, 0.4) is 0 Å². The molecular weight excluding hydrogens is 316 g/mol. The molecule has 0 unspecified atom stereocenters. The van der Waals surface area contributed by atoms with Gasteiger partial charge in [0.25, 0.3) is 0 Å². The first kappa shape index (κ1) is 17.8. The summed E-state index contributed by atoms with van der Waals surface area (Å²) < 4.78 is 5.30. The van der Waals surface area contributed by atoms with E-state index >= 15 is 0 Å². The maximum Gasteiger partial charge on any atom is 0.223 e. The van der Waals surface area contributed by atoms with Gasteiger partial charge in [0.15, 0.2) is 0 Å². The Labute approximate surface area is 149 Å². The van der Waals surface area contributed by atoms with E-state index in [1.165, 1.54) is 0 Å². The summed E-state index contributed by atoms with van der Waals surface area (Å²) in [6, 6.07) is 7.80. The highest BCUT2D eigenvalue weighted by molar-refractivity contribution is 5.78. The standard InChI is InChI=1S/C19H26N4O2/c20-14-17-2-1-3-18(22-17)15-4-9-23(10-5-15)11-8-21-19(24)16-6-12-25-13-7-16/h1-3,15-16H,4-13H2,(H,21,24). The fraction of sp³-hybridized carbons (Fsp3) is 0.632. The van der Waals surface area contributed by atoms with Crippen LogP contribution in [-0.4, -0.2) is 55.2 Å². The zero-order chi connectivity index (χ0) is 17.5. The number of aromatic nitrogens is 1. The van der Waals surface area contributed by atoms with E-state index in [4.69, 9.17) is 10.00 Å². The van der Waals surface area contributed by atoms with E-state index in [1.54, 1.807) is 6.07 Å². The number of likely N-dealkylation sites (tertiary alicyclic amines) is 1. The zero-order valence-electron chi connectivity index (χ0n) is 14.6. The highest BCUT2D eigenvalue weighted by Crippen LogP contribution is 2.26. The minimum atomic E-state index is 0.123. The molecule has 0 radical (unpaired) electrons. The maximum atomic E-state index is 12.1. The first-order valence-corrected chi connectivity index (χ1v) is 9.21. The van der Waals surface area contributed by atoms with Crippen LogP contribution in [0.5, 0.6) is 0 Å². The van der Waals surface area contributed by atoms with Crippen LogP contribution < -0.4 is 5.32 Å². The first-order chi connectivity index (χ1) is 12.3. The third-order valence-corrected chi connectivity index (χ3v) is 5.21. The normalized spacial score (nSPS) is 20.1. The average molecular weight is 342 g/mol. The van der Waals surface area contributed by atoms with Gasteiger partial charge in [-0.3, -0.25) is 4.79 Å².